The lowest BCUT2D eigenvalue weighted by molar-refractivity contribution is 0.382. The second-order valence-electron chi connectivity index (χ2n) is 5.57. The SMILES string of the molecule is CC(C)(C)NCc1ccc(CSc2ccc(Cl)cn2)o1. The highest BCUT2D eigenvalue weighted by atomic mass is 35.5. The van der Waals surface area contributed by atoms with Gasteiger partial charge >= 0.3 is 0 Å². The first-order valence-corrected chi connectivity index (χ1v) is 7.86. The quantitative estimate of drug-likeness (QED) is 0.825. The van der Waals surface area contributed by atoms with Crippen molar-refractivity contribution in [3.05, 3.63) is 47.0 Å². The van der Waals surface area contributed by atoms with Gasteiger partial charge in [-0.15, -0.1) is 0 Å². The summed E-state index contributed by atoms with van der Waals surface area (Å²) < 4.78 is 5.79. The van der Waals surface area contributed by atoms with Crippen molar-refractivity contribution < 1.29 is 4.42 Å². The number of thioether (sulfide) groups is 1. The third-order valence-corrected chi connectivity index (χ3v) is 3.76. The summed E-state index contributed by atoms with van der Waals surface area (Å²) in [5.41, 5.74) is 0.0922. The number of nitrogens with one attached hydrogen (secondary N) is 1. The lowest BCUT2D eigenvalue weighted by Crippen LogP contribution is -2.34. The molecule has 0 aliphatic carbocycles. The molecule has 2 aromatic rings. The monoisotopic (exact) mass is 310 g/mol. The summed E-state index contributed by atoms with van der Waals surface area (Å²) in [6, 6.07) is 7.79. The minimum Gasteiger partial charge on any atom is -0.464 e. The van der Waals surface area contributed by atoms with Gasteiger partial charge in [0.05, 0.1) is 22.3 Å². The van der Waals surface area contributed by atoms with Gasteiger partial charge in [0, 0.05) is 11.7 Å². The van der Waals surface area contributed by atoms with Gasteiger partial charge in [0.1, 0.15) is 11.5 Å². The summed E-state index contributed by atoms with van der Waals surface area (Å²) in [5.74, 6) is 2.68. The average Bonchev–Trinajstić information content (AvgIpc) is 2.83. The molecular weight excluding hydrogens is 292 g/mol. The molecule has 108 valence electrons. The Labute approximate surface area is 129 Å². The second-order valence-corrected chi connectivity index (χ2v) is 7.01. The summed E-state index contributed by atoms with van der Waals surface area (Å²) in [5, 5.41) is 5.00. The van der Waals surface area contributed by atoms with Crippen LogP contribution in [0.1, 0.15) is 32.3 Å². The Kier molecular flexibility index (Phi) is 5.13. The molecule has 0 amide bonds. The molecule has 0 fully saturated rings. The number of rotatable bonds is 5. The van der Waals surface area contributed by atoms with E-state index in [4.69, 9.17) is 16.0 Å². The zero-order valence-corrected chi connectivity index (χ0v) is 13.5. The predicted molar refractivity (Wildman–Crippen MR) is 84.1 cm³/mol. The summed E-state index contributed by atoms with van der Waals surface area (Å²) in [6.45, 7) is 7.16. The highest BCUT2D eigenvalue weighted by Crippen LogP contribution is 2.23. The van der Waals surface area contributed by atoms with Gasteiger partial charge in [-0.2, -0.15) is 0 Å². The van der Waals surface area contributed by atoms with Crippen molar-refractivity contribution in [1.82, 2.24) is 10.3 Å². The van der Waals surface area contributed by atoms with Crippen LogP contribution in [0.4, 0.5) is 0 Å². The second kappa shape index (κ2) is 6.66. The molecule has 2 aromatic heterocycles. The topological polar surface area (TPSA) is 38.1 Å². The van der Waals surface area contributed by atoms with E-state index < -0.39 is 0 Å². The van der Waals surface area contributed by atoms with E-state index in [2.05, 4.69) is 31.1 Å². The maximum atomic E-state index is 5.81. The minimum atomic E-state index is 0.0922. The molecule has 0 unspecified atom stereocenters. The number of aromatic nitrogens is 1. The molecule has 0 aliphatic rings. The number of hydrogen-bond acceptors (Lipinski definition) is 4. The van der Waals surface area contributed by atoms with Crippen molar-refractivity contribution in [2.45, 2.75) is 43.6 Å². The molecule has 0 atom stereocenters. The van der Waals surface area contributed by atoms with E-state index >= 15 is 0 Å². The summed E-state index contributed by atoms with van der Waals surface area (Å²) in [6.07, 6.45) is 1.66. The maximum absolute atomic E-state index is 5.81. The van der Waals surface area contributed by atoms with E-state index in [0.29, 0.717) is 5.02 Å². The fraction of sp³-hybridized carbons (Fsp3) is 0.400. The van der Waals surface area contributed by atoms with Gasteiger partial charge in [0.15, 0.2) is 0 Å². The molecule has 5 heteroatoms. The molecule has 0 aromatic carbocycles. The number of furan rings is 1. The van der Waals surface area contributed by atoms with Gasteiger partial charge < -0.3 is 9.73 Å². The molecular formula is C15H19ClN2OS. The number of pyridine rings is 1. The van der Waals surface area contributed by atoms with Gasteiger partial charge in [0.2, 0.25) is 0 Å². The Balaban J connectivity index is 1.85. The molecule has 0 radical (unpaired) electrons. The fourth-order valence-corrected chi connectivity index (χ4v) is 2.39. The van der Waals surface area contributed by atoms with Gasteiger partial charge in [-0.25, -0.2) is 4.98 Å². The Hall–Kier alpha value is -0.970. The van der Waals surface area contributed by atoms with E-state index in [1.807, 2.05) is 24.3 Å². The third-order valence-electron chi connectivity index (χ3n) is 2.57. The van der Waals surface area contributed by atoms with Crippen LogP contribution in [-0.4, -0.2) is 10.5 Å². The first-order chi connectivity index (χ1) is 9.42. The van der Waals surface area contributed by atoms with Crippen LogP contribution in [0.3, 0.4) is 0 Å². The van der Waals surface area contributed by atoms with Gasteiger partial charge in [-0.05, 0) is 45.0 Å². The van der Waals surface area contributed by atoms with E-state index in [9.17, 15) is 0 Å². The zero-order valence-electron chi connectivity index (χ0n) is 11.9. The predicted octanol–water partition coefficient (Wildman–Crippen LogP) is 4.51. The van der Waals surface area contributed by atoms with Crippen LogP contribution in [-0.2, 0) is 12.3 Å². The number of hydrogen-bond donors (Lipinski definition) is 1. The molecule has 0 saturated carbocycles. The Morgan fingerprint density at radius 3 is 2.60 bits per heavy atom. The van der Waals surface area contributed by atoms with Gasteiger partial charge in [0.25, 0.3) is 0 Å². The molecule has 3 nitrogen and oxygen atoms in total. The highest BCUT2D eigenvalue weighted by molar-refractivity contribution is 7.98. The van der Waals surface area contributed by atoms with Crippen LogP contribution in [0.25, 0.3) is 0 Å². The van der Waals surface area contributed by atoms with E-state index in [0.717, 1.165) is 28.8 Å². The lowest BCUT2D eigenvalue weighted by atomic mass is 10.1. The van der Waals surface area contributed by atoms with Gasteiger partial charge in [-0.3, -0.25) is 0 Å². The van der Waals surface area contributed by atoms with Crippen molar-refractivity contribution in [3.8, 4) is 0 Å². The Morgan fingerprint density at radius 2 is 1.95 bits per heavy atom. The summed E-state index contributed by atoms with van der Waals surface area (Å²) >= 11 is 7.44. The first kappa shape index (κ1) is 15.4. The Bertz CT molecular complexity index is 546. The van der Waals surface area contributed by atoms with Crippen LogP contribution in [0.2, 0.25) is 5.02 Å². The van der Waals surface area contributed by atoms with E-state index in [1.54, 1.807) is 18.0 Å². The molecule has 0 bridgehead atoms. The van der Waals surface area contributed by atoms with Crippen molar-refractivity contribution in [3.63, 3.8) is 0 Å². The molecule has 1 N–H and O–H groups in total. The van der Waals surface area contributed by atoms with E-state index in [-0.39, 0.29) is 5.54 Å². The summed E-state index contributed by atoms with van der Waals surface area (Å²) in [7, 11) is 0. The van der Waals surface area contributed by atoms with Crippen molar-refractivity contribution >= 4 is 23.4 Å². The standard InChI is InChI=1S/C15H19ClN2OS/c1-15(2,3)18-9-12-5-6-13(19-12)10-20-14-7-4-11(16)8-17-14/h4-8,18H,9-10H2,1-3H3. The van der Waals surface area contributed by atoms with E-state index in [1.165, 1.54) is 0 Å². The maximum Gasteiger partial charge on any atom is 0.118 e. The molecule has 0 spiro atoms. The molecule has 0 aliphatic heterocycles. The first-order valence-electron chi connectivity index (χ1n) is 6.49. The smallest absolute Gasteiger partial charge is 0.118 e. The fourth-order valence-electron chi connectivity index (χ4n) is 1.54. The van der Waals surface area contributed by atoms with Crippen LogP contribution in [0, 0.1) is 0 Å². The number of halogens is 1. The van der Waals surface area contributed by atoms with Crippen LogP contribution < -0.4 is 5.32 Å². The largest absolute Gasteiger partial charge is 0.464 e. The van der Waals surface area contributed by atoms with Crippen molar-refractivity contribution in [2.24, 2.45) is 0 Å². The summed E-state index contributed by atoms with van der Waals surface area (Å²) in [4.78, 5) is 4.25. The normalized spacial score (nSPS) is 11.8. The van der Waals surface area contributed by atoms with Crippen molar-refractivity contribution in [1.29, 1.82) is 0 Å². The molecule has 0 saturated heterocycles. The van der Waals surface area contributed by atoms with Crippen LogP contribution in [0.15, 0.2) is 39.9 Å². The molecule has 20 heavy (non-hydrogen) atoms. The van der Waals surface area contributed by atoms with Crippen molar-refractivity contribution in [2.75, 3.05) is 0 Å². The average molecular weight is 311 g/mol. The number of nitrogens with zero attached hydrogens (tertiary/aromatic N) is 1. The highest BCUT2D eigenvalue weighted by Gasteiger charge is 2.10. The van der Waals surface area contributed by atoms with Gasteiger partial charge in [-0.1, -0.05) is 23.4 Å². The Morgan fingerprint density at radius 1 is 1.20 bits per heavy atom. The molecule has 2 rings (SSSR count). The molecule has 2 heterocycles. The van der Waals surface area contributed by atoms with Crippen LogP contribution >= 0.6 is 23.4 Å². The zero-order chi connectivity index (χ0) is 14.6. The third kappa shape index (κ3) is 5.19. The minimum absolute atomic E-state index is 0.0922. The lowest BCUT2D eigenvalue weighted by Gasteiger charge is -2.19. The van der Waals surface area contributed by atoms with Crippen LogP contribution in [0.5, 0.6) is 0 Å².